The monoisotopic (exact) mass is 772 g/mol. The molecule has 6 unspecified atom stereocenters. The maximum atomic E-state index is 15.1. The molecule has 2 heterocycles. The van der Waals surface area contributed by atoms with E-state index in [0.717, 1.165) is 23.1 Å². The van der Waals surface area contributed by atoms with E-state index >= 15 is 8.78 Å². The molecule has 0 radical (unpaired) electrons. The Morgan fingerprint density at radius 1 is 0.771 bits per heavy atom. The van der Waals surface area contributed by atoms with Gasteiger partial charge in [0.15, 0.2) is 44.6 Å². The highest BCUT2D eigenvalue weighted by atomic mass is 79.9. The first-order chi connectivity index (χ1) is 22.6. The molecule has 4 aliphatic rings. The number of anilines is 2. The van der Waals surface area contributed by atoms with Crippen LogP contribution in [0, 0.1) is 52.7 Å². The van der Waals surface area contributed by atoms with Gasteiger partial charge < -0.3 is 5.11 Å². The summed E-state index contributed by atoms with van der Waals surface area (Å²) in [7, 11) is 0. The topological polar surface area (TPSA) is 95.0 Å². The van der Waals surface area contributed by atoms with Crippen LogP contribution in [0.4, 0.5) is 37.7 Å². The lowest BCUT2D eigenvalue weighted by Crippen LogP contribution is -2.60. The van der Waals surface area contributed by atoms with Crippen molar-refractivity contribution in [2.45, 2.75) is 28.5 Å². The lowest BCUT2D eigenvalue weighted by atomic mass is 9.56. The number of imide groups is 2. The predicted octanol–water partition coefficient (Wildman–Crippen LogP) is 6.76. The van der Waals surface area contributed by atoms with Crippen molar-refractivity contribution in [3.05, 3.63) is 99.1 Å². The third kappa shape index (κ3) is 4.02. The van der Waals surface area contributed by atoms with Gasteiger partial charge in [-0.2, -0.15) is 0 Å². The molecule has 248 valence electrons. The summed E-state index contributed by atoms with van der Waals surface area (Å²) in [6.07, 6.45) is 0.588. The Labute approximate surface area is 284 Å². The van der Waals surface area contributed by atoms with Gasteiger partial charge in [0.1, 0.15) is 5.69 Å². The molecule has 7 rings (SSSR count). The maximum Gasteiger partial charge on any atom is 0.258 e. The van der Waals surface area contributed by atoms with Gasteiger partial charge in [0.2, 0.25) is 17.6 Å². The predicted molar refractivity (Wildman–Crippen MR) is 161 cm³/mol. The Bertz CT molecular complexity index is 2020. The molecule has 3 fully saturated rings. The Kier molecular flexibility index (Phi) is 7.36. The number of hydrogen-bond acceptors (Lipinski definition) is 5. The SMILES string of the molecule is O=C1C2CC=C3C(CC4(Cl)C(=O)N(c5c(F)c(F)c(F)c(F)c5F)C(=O)C4(Cl)C3c3cccc(F)c3O)C2C(=O)N1c1ccc(Br)cc1. The molecule has 0 aromatic heterocycles. The number of aromatic hydroxyl groups is 1. The number of para-hydroxylation sites is 1. The first kappa shape index (κ1) is 32.7. The van der Waals surface area contributed by atoms with Gasteiger partial charge in [0.25, 0.3) is 11.8 Å². The van der Waals surface area contributed by atoms with Gasteiger partial charge in [0.05, 0.1) is 17.5 Å². The van der Waals surface area contributed by atoms with E-state index in [0.29, 0.717) is 4.47 Å². The van der Waals surface area contributed by atoms with Gasteiger partial charge in [-0.25, -0.2) is 31.2 Å². The zero-order chi connectivity index (χ0) is 34.8. The van der Waals surface area contributed by atoms with Crippen LogP contribution in [0.1, 0.15) is 24.3 Å². The normalized spacial score (nSPS) is 29.6. The summed E-state index contributed by atoms with van der Waals surface area (Å²) in [6, 6.07) is 9.32. The van der Waals surface area contributed by atoms with E-state index in [1.165, 1.54) is 18.2 Å². The smallest absolute Gasteiger partial charge is 0.258 e. The Morgan fingerprint density at radius 2 is 1.38 bits per heavy atom. The zero-order valence-electron chi connectivity index (χ0n) is 23.7. The Hall–Kier alpha value is -3.88. The lowest BCUT2D eigenvalue weighted by Gasteiger charge is -2.50. The molecule has 0 spiro atoms. The fraction of sp³-hybridized carbons (Fsp3) is 0.250. The number of phenolic OH excluding ortho intramolecular Hbond substituents is 1. The lowest BCUT2D eigenvalue weighted by molar-refractivity contribution is -0.125. The molecule has 7 nitrogen and oxygen atoms in total. The molecule has 4 amide bonds. The van der Waals surface area contributed by atoms with Crippen LogP contribution in [0.5, 0.6) is 5.75 Å². The fourth-order valence-electron chi connectivity index (χ4n) is 7.52. The highest BCUT2D eigenvalue weighted by Crippen LogP contribution is 2.66. The first-order valence-corrected chi connectivity index (χ1v) is 15.7. The molecule has 0 bridgehead atoms. The summed E-state index contributed by atoms with van der Waals surface area (Å²) in [5.41, 5.74) is -2.08. The Morgan fingerprint density at radius 3 is 2.00 bits per heavy atom. The first-order valence-electron chi connectivity index (χ1n) is 14.2. The number of carbonyl (C=O) groups excluding carboxylic acids is 4. The second kappa shape index (κ2) is 10.8. The summed E-state index contributed by atoms with van der Waals surface area (Å²) in [5, 5.41) is 10.9. The fourth-order valence-corrected chi connectivity index (χ4v) is 8.71. The van der Waals surface area contributed by atoms with Crippen LogP contribution in [-0.2, 0) is 19.2 Å². The highest BCUT2D eigenvalue weighted by molar-refractivity contribution is 9.10. The number of fused-ring (bicyclic) bond motifs is 4. The number of benzene rings is 3. The molecular weight excluding hydrogens is 757 g/mol. The number of hydrogen-bond donors (Lipinski definition) is 1. The van der Waals surface area contributed by atoms with Gasteiger partial charge >= 0.3 is 0 Å². The van der Waals surface area contributed by atoms with Crippen molar-refractivity contribution in [3.63, 3.8) is 0 Å². The van der Waals surface area contributed by atoms with Crippen molar-refractivity contribution in [2.75, 3.05) is 9.80 Å². The second-order valence-corrected chi connectivity index (χ2v) is 14.0. The van der Waals surface area contributed by atoms with Gasteiger partial charge in [-0.05, 0) is 49.1 Å². The summed E-state index contributed by atoms with van der Waals surface area (Å²) in [6.45, 7) is 0. The van der Waals surface area contributed by atoms with Crippen LogP contribution in [-0.4, -0.2) is 38.5 Å². The van der Waals surface area contributed by atoms with E-state index in [2.05, 4.69) is 15.9 Å². The summed E-state index contributed by atoms with van der Waals surface area (Å²) < 4.78 is 88.4. The van der Waals surface area contributed by atoms with Gasteiger partial charge in [-0.3, -0.25) is 24.1 Å². The van der Waals surface area contributed by atoms with Crippen LogP contribution in [0.15, 0.2) is 58.6 Å². The average molecular weight is 774 g/mol. The third-order valence-corrected chi connectivity index (χ3v) is 11.6. The van der Waals surface area contributed by atoms with Crippen LogP contribution in [0.25, 0.3) is 0 Å². The maximum absolute atomic E-state index is 15.1. The number of nitrogens with zero attached hydrogens (tertiary/aromatic N) is 2. The number of amides is 4. The molecular formula is C32H17BrCl2F6N2O5. The molecule has 6 atom stereocenters. The van der Waals surface area contributed by atoms with Crippen LogP contribution >= 0.6 is 39.1 Å². The van der Waals surface area contributed by atoms with Crippen molar-refractivity contribution in [2.24, 2.45) is 17.8 Å². The molecule has 1 saturated carbocycles. The van der Waals surface area contributed by atoms with Crippen molar-refractivity contribution in [3.8, 4) is 5.75 Å². The van der Waals surface area contributed by atoms with Crippen LogP contribution in [0.3, 0.4) is 0 Å². The summed E-state index contributed by atoms with van der Waals surface area (Å²) in [4.78, 5) is 51.0. The summed E-state index contributed by atoms with van der Waals surface area (Å²) in [5.74, 6) is -24.8. The molecule has 2 saturated heterocycles. The van der Waals surface area contributed by atoms with E-state index in [1.807, 2.05) is 0 Å². The van der Waals surface area contributed by atoms with Gasteiger partial charge in [-0.15, -0.1) is 23.2 Å². The average Bonchev–Trinajstić information content (AvgIpc) is 3.39. The third-order valence-electron chi connectivity index (χ3n) is 9.64. The van der Waals surface area contributed by atoms with Crippen molar-refractivity contribution in [1.82, 2.24) is 0 Å². The molecule has 48 heavy (non-hydrogen) atoms. The van der Waals surface area contributed by atoms with Crippen LogP contribution < -0.4 is 9.80 Å². The zero-order valence-corrected chi connectivity index (χ0v) is 26.8. The van der Waals surface area contributed by atoms with E-state index in [9.17, 15) is 41.8 Å². The molecule has 16 heteroatoms. The number of rotatable bonds is 3. The van der Waals surface area contributed by atoms with E-state index < -0.39 is 115 Å². The van der Waals surface area contributed by atoms with E-state index in [4.69, 9.17) is 23.2 Å². The molecule has 1 N–H and O–H groups in total. The number of phenols is 1. The second-order valence-electron chi connectivity index (χ2n) is 11.9. The number of alkyl halides is 2. The molecule has 2 aliphatic carbocycles. The molecule has 3 aromatic carbocycles. The van der Waals surface area contributed by atoms with Gasteiger partial charge in [0, 0.05) is 16.0 Å². The molecule has 3 aromatic rings. The van der Waals surface area contributed by atoms with Crippen molar-refractivity contribution < 1.29 is 50.6 Å². The van der Waals surface area contributed by atoms with E-state index in [1.54, 1.807) is 12.1 Å². The highest BCUT2D eigenvalue weighted by Gasteiger charge is 2.77. The minimum absolute atomic E-state index is 0.0719. The Balaban J connectivity index is 1.44. The summed E-state index contributed by atoms with van der Waals surface area (Å²) >= 11 is 17.3. The minimum atomic E-state index is -2.89. The van der Waals surface area contributed by atoms with Crippen LogP contribution in [0.2, 0.25) is 0 Å². The van der Waals surface area contributed by atoms with E-state index in [-0.39, 0.29) is 22.6 Å². The molecule has 2 aliphatic heterocycles. The van der Waals surface area contributed by atoms with Crippen molar-refractivity contribution >= 4 is 74.1 Å². The number of carbonyl (C=O) groups is 4. The van der Waals surface area contributed by atoms with Crippen molar-refractivity contribution in [1.29, 1.82) is 0 Å². The largest absolute Gasteiger partial charge is 0.505 e. The van der Waals surface area contributed by atoms with Gasteiger partial charge in [-0.1, -0.05) is 39.7 Å². The standard InChI is InChI=1S/C32H17BrCl2F6N2O5/c33-11-4-6-12(7-5-11)42-27(45)14-9-8-13-16(18(14)28(42)46)10-31(34)29(47)43(25-23(40)21(38)20(37)22(39)24(25)41)30(48)32(31,35)19(13)15-2-1-3-17(36)26(15)44/h1-8,14,16,18-19,44H,9-10H2. The number of halogens is 9. The minimum Gasteiger partial charge on any atom is -0.505 e. The number of allylic oxidation sites excluding steroid dienone is 2. The quantitative estimate of drug-likeness (QED) is 0.0794.